The van der Waals surface area contributed by atoms with Crippen molar-refractivity contribution in [1.82, 2.24) is 4.90 Å². The van der Waals surface area contributed by atoms with E-state index in [-0.39, 0.29) is 19.0 Å². The Balaban J connectivity index is 2.09. The van der Waals surface area contributed by atoms with Crippen LogP contribution in [0.15, 0.2) is 18.2 Å². The Morgan fingerprint density at radius 2 is 2.05 bits per heavy atom. The largest absolute Gasteiger partial charge is 0.396 e. The monoisotopic (exact) mass is 291 g/mol. The third kappa shape index (κ3) is 4.82. The van der Waals surface area contributed by atoms with Gasteiger partial charge in [0.1, 0.15) is 12.4 Å². The van der Waals surface area contributed by atoms with Crippen LogP contribution in [0.2, 0.25) is 0 Å². The zero-order valence-electron chi connectivity index (χ0n) is 12.2. The first-order valence-electron chi connectivity index (χ1n) is 7.47. The molecule has 4 heteroatoms. The molecule has 2 N–H and O–H groups in total. The topological polar surface area (TPSA) is 43.7 Å². The van der Waals surface area contributed by atoms with Gasteiger partial charge >= 0.3 is 0 Å². The van der Waals surface area contributed by atoms with Gasteiger partial charge in [0.05, 0.1) is 0 Å². The van der Waals surface area contributed by atoms with Crippen LogP contribution < -0.4 is 0 Å². The molecule has 0 aromatic heterocycles. The molecule has 0 unspecified atom stereocenters. The van der Waals surface area contributed by atoms with Gasteiger partial charge in [0.25, 0.3) is 0 Å². The minimum absolute atomic E-state index is 0.180. The molecule has 0 bridgehead atoms. The van der Waals surface area contributed by atoms with E-state index in [1.807, 2.05) is 6.07 Å². The number of aliphatic hydroxyl groups is 2. The van der Waals surface area contributed by atoms with Crippen molar-refractivity contribution >= 4 is 0 Å². The quantitative estimate of drug-likeness (QED) is 0.787. The molecule has 1 aromatic rings. The summed E-state index contributed by atoms with van der Waals surface area (Å²) >= 11 is 0. The molecule has 114 valence electrons. The van der Waals surface area contributed by atoms with Crippen LogP contribution in [0, 0.1) is 17.7 Å². The van der Waals surface area contributed by atoms with Crippen LogP contribution in [-0.4, -0.2) is 40.9 Å². The zero-order chi connectivity index (χ0) is 15.1. The number of nitrogens with zero attached hydrogens (tertiary/aromatic N) is 1. The van der Waals surface area contributed by atoms with Gasteiger partial charge in [-0.15, -0.1) is 0 Å². The molecule has 1 saturated carbocycles. The van der Waals surface area contributed by atoms with E-state index in [2.05, 4.69) is 16.7 Å². The standard InChI is InChI=1S/C17H22FNO2/c18-16-11-14(4-2-8-20)10-15(12-16)13-19(7-3-9-21)17-5-1-6-17/h10-12,17,20-21H,1,3,5-9,13H2. The number of hydrogen-bond acceptors (Lipinski definition) is 3. The fourth-order valence-electron chi connectivity index (χ4n) is 2.61. The summed E-state index contributed by atoms with van der Waals surface area (Å²) < 4.78 is 13.7. The molecule has 0 amide bonds. The molecule has 2 rings (SSSR count). The van der Waals surface area contributed by atoms with Gasteiger partial charge < -0.3 is 10.2 Å². The summed E-state index contributed by atoms with van der Waals surface area (Å²) in [5.74, 6) is 4.99. The highest BCUT2D eigenvalue weighted by molar-refractivity contribution is 5.37. The number of aliphatic hydroxyl groups excluding tert-OH is 2. The maximum atomic E-state index is 13.7. The van der Waals surface area contributed by atoms with E-state index in [0.717, 1.165) is 18.5 Å². The lowest BCUT2D eigenvalue weighted by Gasteiger charge is -2.37. The molecule has 21 heavy (non-hydrogen) atoms. The second kappa shape index (κ2) is 8.14. The molecule has 3 nitrogen and oxygen atoms in total. The van der Waals surface area contributed by atoms with Gasteiger partial charge in [0, 0.05) is 31.3 Å². The van der Waals surface area contributed by atoms with Crippen molar-refractivity contribution in [2.75, 3.05) is 19.8 Å². The molecule has 0 aliphatic heterocycles. The van der Waals surface area contributed by atoms with E-state index in [1.165, 1.54) is 31.4 Å². The van der Waals surface area contributed by atoms with Crippen molar-refractivity contribution in [2.45, 2.75) is 38.3 Å². The molecule has 1 fully saturated rings. The third-order valence-corrected chi connectivity index (χ3v) is 3.85. The van der Waals surface area contributed by atoms with Gasteiger partial charge in [-0.1, -0.05) is 18.3 Å². The van der Waals surface area contributed by atoms with Gasteiger partial charge in [-0.2, -0.15) is 0 Å². The highest BCUT2D eigenvalue weighted by Gasteiger charge is 2.24. The number of benzene rings is 1. The third-order valence-electron chi connectivity index (χ3n) is 3.85. The summed E-state index contributed by atoms with van der Waals surface area (Å²) in [6.07, 6.45) is 4.34. The Hall–Kier alpha value is -1.41. The Morgan fingerprint density at radius 1 is 1.24 bits per heavy atom. The second-order valence-electron chi connectivity index (χ2n) is 5.44. The summed E-state index contributed by atoms with van der Waals surface area (Å²) in [7, 11) is 0. The number of halogens is 1. The lowest BCUT2D eigenvalue weighted by atomic mass is 9.91. The molecule has 0 heterocycles. The summed E-state index contributed by atoms with van der Waals surface area (Å²) in [6, 6.07) is 5.34. The van der Waals surface area contributed by atoms with Gasteiger partial charge in [-0.3, -0.25) is 4.90 Å². The summed E-state index contributed by atoms with van der Waals surface area (Å²) in [6.45, 7) is 1.46. The van der Waals surface area contributed by atoms with Gasteiger partial charge in [0.15, 0.2) is 0 Å². The summed E-state index contributed by atoms with van der Waals surface area (Å²) in [5.41, 5.74) is 1.48. The zero-order valence-corrected chi connectivity index (χ0v) is 12.2. The van der Waals surface area contributed by atoms with Crippen molar-refractivity contribution in [2.24, 2.45) is 0 Å². The van der Waals surface area contributed by atoms with E-state index in [9.17, 15) is 4.39 Å². The van der Waals surface area contributed by atoms with E-state index >= 15 is 0 Å². The van der Waals surface area contributed by atoms with Crippen molar-refractivity contribution in [3.8, 4) is 11.8 Å². The predicted octanol–water partition coefficient (Wildman–Crippen LogP) is 1.91. The highest BCUT2D eigenvalue weighted by atomic mass is 19.1. The maximum absolute atomic E-state index is 13.7. The van der Waals surface area contributed by atoms with Crippen molar-refractivity contribution in [3.63, 3.8) is 0 Å². The van der Waals surface area contributed by atoms with Gasteiger partial charge in [-0.05, 0) is 43.0 Å². The first-order chi connectivity index (χ1) is 10.2. The molecule has 0 radical (unpaired) electrons. The van der Waals surface area contributed by atoms with E-state index in [4.69, 9.17) is 10.2 Å². The molecular weight excluding hydrogens is 269 g/mol. The van der Waals surface area contributed by atoms with Crippen LogP contribution in [0.4, 0.5) is 4.39 Å². The summed E-state index contributed by atoms with van der Waals surface area (Å²) in [5, 5.41) is 17.7. The van der Waals surface area contributed by atoms with Crippen LogP contribution in [0.5, 0.6) is 0 Å². The number of hydrogen-bond donors (Lipinski definition) is 2. The molecule has 0 saturated heterocycles. The molecular formula is C17H22FNO2. The highest BCUT2D eigenvalue weighted by Crippen LogP contribution is 2.26. The van der Waals surface area contributed by atoms with Crippen LogP contribution in [0.1, 0.15) is 36.8 Å². The fraction of sp³-hybridized carbons (Fsp3) is 0.529. The molecule has 0 spiro atoms. The smallest absolute Gasteiger partial charge is 0.124 e. The van der Waals surface area contributed by atoms with Crippen molar-refractivity contribution < 1.29 is 14.6 Å². The van der Waals surface area contributed by atoms with Crippen LogP contribution in [0.3, 0.4) is 0 Å². The normalized spacial score (nSPS) is 14.7. The average molecular weight is 291 g/mol. The minimum Gasteiger partial charge on any atom is -0.396 e. The predicted molar refractivity (Wildman–Crippen MR) is 80.1 cm³/mol. The van der Waals surface area contributed by atoms with E-state index < -0.39 is 0 Å². The Morgan fingerprint density at radius 3 is 2.67 bits per heavy atom. The number of rotatable bonds is 6. The molecule has 0 atom stereocenters. The second-order valence-corrected chi connectivity index (χ2v) is 5.44. The van der Waals surface area contributed by atoms with Crippen LogP contribution in [0.25, 0.3) is 0 Å². The minimum atomic E-state index is -0.301. The lowest BCUT2D eigenvalue weighted by molar-refractivity contribution is 0.109. The van der Waals surface area contributed by atoms with Gasteiger partial charge in [-0.25, -0.2) is 4.39 Å². The first kappa shape index (κ1) is 16.0. The molecule has 1 aliphatic rings. The van der Waals surface area contributed by atoms with Crippen LogP contribution >= 0.6 is 0 Å². The lowest BCUT2D eigenvalue weighted by Crippen LogP contribution is -2.40. The van der Waals surface area contributed by atoms with Crippen molar-refractivity contribution in [1.29, 1.82) is 0 Å². The van der Waals surface area contributed by atoms with E-state index in [0.29, 0.717) is 18.2 Å². The average Bonchev–Trinajstić information content (AvgIpc) is 2.40. The Labute approximate surface area is 125 Å². The molecule has 1 aliphatic carbocycles. The Bertz CT molecular complexity index is 517. The SMILES string of the molecule is OCC#Cc1cc(F)cc(CN(CCCO)C2CCC2)c1. The Kier molecular flexibility index (Phi) is 6.19. The van der Waals surface area contributed by atoms with Gasteiger partial charge in [0.2, 0.25) is 0 Å². The van der Waals surface area contributed by atoms with Crippen molar-refractivity contribution in [3.05, 3.63) is 35.1 Å². The summed E-state index contributed by atoms with van der Waals surface area (Å²) in [4.78, 5) is 2.32. The maximum Gasteiger partial charge on any atom is 0.124 e. The van der Waals surface area contributed by atoms with Crippen LogP contribution in [-0.2, 0) is 6.54 Å². The van der Waals surface area contributed by atoms with E-state index in [1.54, 1.807) is 0 Å². The first-order valence-corrected chi connectivity index (χ1v) is 7.47. The fourth-order valence-corrected chi connectivity index (χ4v) is 2.61. The molecule has 1 aromatic carbocycles.